The number of hydrogen-bond acceptors (Lipinski definition) is 9. The highest BCUT2D eigenvalue weighted by molar-refractivity contribution is 7.90. The average molecular weight is 552 g/mol. The van der Waals surface area contributed by atoms with Crippen LogP contribution in [0.15, 0.2) is 71.9 Å². The van der Waals surface area contributed by atoms with E-state index < -0.39 is 31.4 Å². The normalized spacial score (nSPS) is 15.5. The van der Waals surface area contributed by atoms with Gasteiger partial charge in [0.15, 0.2) is 0 Å². The Morgan fingerprint density at radius 2 is 2.05 bits per heavy atom. The van der Waals surface area contributed by atoms with Crippen LogP contribution in [0.5, 0.6) is 11.5 Å². The Kier molecular flexibility index (Phi) is 7.43. The predicted octanol–water partition coefficient (Wildman–Crippen LogP) is 4.22. The molecule has 39 heavy (non-hydrogen) atoms. The Labute approximate surface area is 223 Å². The standard InChI is InChI=1S/C26H25N5O7S/c32-26(21-5-1-2-6-24(21)38-19-12-18-9-10-27-25(18)29-15-19)30-39(35,36)20-7-8-22(23(13-20)31(33)34)28-14-17-4-3-11-37-16-17/h1-2,5-10,12-13,15,17,28H,3-4,11,14,16H2,(H,27,29)(H,30,32)/t17-/m0/s1. The Hall–Kier alpha value is -4.49. The lowest BCUT2D eigenvalue weighted by atomic mass is 10.0. The maximum Gasteiger partial charge on any atom is 0.293 e. The van der Waals surface area contributed by atoms with Gasteiger partial charge in [-0.15, -0.1) is 0 Å². The molecule has 202 valence electrons. The molecule has 1 saturated heterocycles. The number of carbonyl (C=O) groups is 1. The number of H-pyrrole nitrogens is 1. The molecule has 0 radical (unpaired) electrons. The van der Waals surface area contributed by atoms with Crippen molar-refractivity contribution in [3.05, 3.63) is 82.7 Å². The molecule has 1 aliphatic heterocycles. The number of aromatic nitrogens is 2. The number of sulfonamides is 1. The number of nitrogens with one attached hydrogen (secondary N) is 3. The van der Waals surface area contributed by atoms with E-state index in [1.54, 1.807) is 24.4 Å². The Morgan fingerprint density at radius 1 is 1.21 bits per heavy atom. The fourth-order valence-electron chi connectivity index (χ4n) is 4.28. The minimum atomic E-state index is -4.45. The Bertz CT molecular complexity index is 1630. The van der Waals surface area contributed by atoms with Gasteiger partial charge in [0.1, 0.15) is 22.8 Å². The van der Waals surface area contributed by atoms with Crippen molar-refractivity contribution >= 4 is 38.3 Å². The van der Waals surface area contributed by atoms with Gasteiger partial charge in [-0.1, -0.05) is 12.1 Å². The van der Waals surface area contributed by atoms with Crippen molar-refractivity contribution in [2.75, 3.05) is 25.1 Å². The van der Waals surface area contributed by atoms with E-state index in [9.17, 15) is 23.3 Å². The van der Waals surface area contributed by atoms with Crippen LogP contribution in [0.3, 0.4) is 0 Å². The molecule has 5 rings (SSSR count). The molecule has 0 spiro atoms. The van der Waals surface area contributed by atoms with Crippen molar-refractivity contribution in [1.29, 1.82) is 0 Å². The summed E-state index contributed by atoms with van der Waals surface area (Å²) in [6.45, 7) is 1.71. The number of para-hydroxylation sites is 1. The van der Waals surface area contributed by atoms with Crippen molar-refractivity contribution in [3.63, 3.8) is 0 Å². The molecule has 3 heterocycles. The molecule has 2 aromatic carbocycles. The molecule has 0 unspecified atom stereocenters. The van der Waals surface area contributed by atoms with E-state index in [4.69, 9.17) is 9.47 Å². The minimum Gasteiger partial charge on any atom is -0.455 e. The number of benzene rings is 2. The number of ether oxygens (including phenoxy) is 2. The molecule has 0 saturated carbocycles. The molecule has 2 aromatic heterocycles. The molecule has 12 nitrogen and oxygen atoms in total. The Balaban J connectivity index is 1.33. The van der Waals surface area contributed by atoms with Crippen LogP contribution in [0.25, 0.3) is 11.0 Å². The summed E-state index contributed by atoms with van der Waals surface area (Å²) in [4.78, 5) is 30.9. The number of anilines is 1. The highest BCUT2D eigenvalue weighted by Gasteiger charge is 2.26. The van der Waals surface area contributed by atoms with Crippen LogP contribution in [0.4, 0.5) is 11.4 Å². The van der Waals surface area contributed by atoms with Crippen LogP contribution in [0.2, 0.25) is 0 Å². The SMILES string of the molecule is O=C(NS(=O)(=O)c1ccc(NC[C@@H]2CCCOC2)c([N+](=O)[O-])c1)c1ccccc1Oc1cnc2[nH]ccc2c1. The minimum absolute atomic E-state index is 0.0438. The summed E-state index contributed by atoms with van der Waals surface area (Å²) in [6.07, 6.45) is 5.05. The number of nitrogens with zero attached hydrogens (tertiary/aromatic N) is 2. The zero-order valence-electron chi connectivity index (χ0n) is 20.6. The van der Waals surface area contributed by atoms with Crippen molar-refractivity contribution in [1.82, 2.24) is 14.7 Å². The number of hydrogen-bond donors (Lipinski definition) is 3. The van der Waals surface area contributed by atoms with Gasteiger partial charge < -0.3 is 19.8 Å². The summed E-state index contributed by atoms with van der Waals surface area (Å²) in [5.74, 6) is -0.296. The molecule has 1 fully saturated rings. The molecule has 3 N–H and O–H groups in total. The lowest BCUT2D eigenvalue weighted by Crippen LogP contribution is -2.31. The highest BCUT2D eigenvalue weighted by atomic mass is 32.2. The largest absolute Gasteiger partial charge is 0.455 e. The van der Waals surface area contributed by atoms with Gasteiger partial charge in [-0.25, -0.2) is 18.1 Å². The molecule has 1 amide bonds. The third-order valence-corrected chi connectivity index (χ3v) is 7.60. The fraction of sp³-hybridized carbons (Fsp3) is 0.231. The van der Waals surface area contributed by atoms with Gasteiger partial charge in [0.05, 0.1) is 28.2 Å². The second kappa shape index (κ2) is 11.1. The topological polar surface area (TPSA) is 166 Å². The van der Waals surface area contributed by atoms with E-state index >= 15 is 0 Å². The summed E-state index contributed by atoms with van der Waals surface area (Å²) >= 11 is 0. The van der Waals surface area contributed by atoms with Crippen molar-refractivity contribution in [2.45, 2.75) is 17.7 Å². The molecular weight excluding hydrogens is 526 g/mol. The van der Waals surface area contributed by atoms with E-state index in [0.29, 0.717) is 31.2 Å². The fourth-order valence-corrected chi connectivity index (χ4v) is 5.27. The van der Waals surface area contributed by atoms with Gasteiger partial charge in [0.2, 0.25) is 0 Å². The Morgan fingerprint density at radius 3 is 2.85 bits per heavy atom. The van der Waals surface area contributed by atoms with Gasteiger partial charge in [-0.3, -0.25) is 14.9 Å². The maximum absolute atomic E-state index is 13.0. The van der Waals surface area contributed by atoms with E-state index in [1.165, 1.54) is 30.5 Å². The number of carbonyl (C=O) groups excluding carboxylic acids is 1. The van der Waals surface area contributed by atoms with E-state index in [-0.39, 0.29) is 22.9 Å². The third kappa shape index (κ3) is 5.99. The van der Waals surface area contributed by atoms with Crippen molar-refractivity contribution in [3.8, 4) is 11.5 Å². The van der Waals surface area contributed by atoms with Crippen LogP contribution in [-0.4, -0.2) is 49.0 Å². The molecule has 4 aromatic rings. The zero-order chi connectivity index (χ0) is 27.4. The number of amides is 1. The summed E-state index contributed by atoms with van der Waals surface area (Å²) in [7, 11) is -4.45. The van der Waals surface area contributed by atoms with Gasteiger partial charge in [-0.05, 0) is 55.2 Å². The number of nitro groups is 1. The zero-order valence-corrected chi connectivity index (χ0v) is 21.4. The van der Waals surface area contributed by atoms with Crippen LogP contribution >= 0.6 is 0 Å². The second-order valence-corrected chi connectivity index (χ2v) is 10.7. The number of pyridine rings is 1. The van der Waals surface area contributed by atoms with Crippen LogP contribution in [0.1, 0.15) is 23.2 Å². The van der Waals surface area contributed by atoms with E-state index in [2.05, 4.69) is 15.3 Å². The highest BCUT2D eigenvalue weighted by Crippen LogP contribution is 2.30. The summed E-state index contributed by atoms with van der Waals surface area (Å²) in [6, 6.07) is 13.1. The van der Waals surface area contributed by atoms with Gasteiger partial charge in [-0.2, -0.15) is 0 Å². The van der Waals surface area contributed by atoms with Gasteiger partial charge in [0.25, 0.3) is 21.6 Å². The number of aromatic amines is 1. The molecular formula is C26H25N5O7S. The first kappa shape index (κ1) is 26.1. The first-order chi connectivity index (χ1) is 18.8. The smallest absolute Gasteiger partial charge is 0.293 e. The lowest BCUT2D eigenvalue weighted by molar-refractivity contribution is -0.384. The summed E-state index contributed by atoms with van der Waals surface area (Å²) in [5.41, 5.74) is 0.386. The van der Waals surface area contributed by atoms with E-state index in [0.717, 1.165) is 24.3 Å². The molecule has 0 bridgehead atoms. The number of fused-ring (bicyclic) bond motifs is 1. The van der Waals surface area contributed by atoms with Gasteiger partial charge in [0, 0.05) is 30.8 Å². The molecule has 13 heteroatoms. The third-order valence-electron chi connectivity index (χ3n) is 6.27. The summed E-state index contributed by atoms with van der Waals surface area (Å²) in [5, 5.41) is 15.5. The van der Waals surface area contributed by atoms with Crippen LogP contribution < -0.4 is 14.8 Å². The van der Waals surface area contributed by atoms with Crippen LogP contribution in [-0.2, 0) is 14.8 Å². The van der Waals surface area contributed by atoms with Crippen molar-refractivity contribution < 1.29 is 27.6 Å². The van der Waals surface area contributed by atoms with Gasteiger partial charge >= 0.3 is 0 Å². The number of nitro benzene ring substituents is 1. The molecule has 1 atom stereocenters. The monoisotopic (exact) mass is 551 g/mol. The molecule has 1 aliphatic rings. The van der Waals surface area contributed by atoms with E-state index in [1.807, 2.05) is 10.8 Å². The first-order valence-corrected chi connectivity index (χ1v) is 13.7. The predicted molar refractivity (Wildman–Crippen MR) is 142 cm³/mol. The maximum atomic E-state index is 13.0. The lowest BCUT2D eigenvalue weighted by Gasteiger charge is -2.22. The quantitative estimate of drug-likeness (QED) is 0.204. The average Bonchev–Trinajstić information content (AvgIpc) is 3.40. The number of rotatable bonds is 9. The summed E-state index contributed by atoms with van der Waals surface area (Å²) < 4.78 is 39.3. The molecule has 0 aliphatic carbocycles. The van der Waals surface area contributed by atoms with Crippen molar-refractivity contribution in [2.24, 2.45) is 5.92 Å². The second-order valence-electron chi connectivity index (χ2n) is 9.02. The van der Waals surface area contributed by atoms with Crippen LogP contribution in [0, 0.1) is 16.0 Å². The first-order valence-electron chi connectivity index (χ1n) is 12.2.